The van der Waals surface area contributed by atoms with Crippen molar-refractivity contribution in [3.8, 4) is 23.0 Å². The average molecular weight is 589 g/mol. The standard InChI is InChI=1S/C27H22Cl2N2O7S/c1-36-21-11-16(12-22(37-2)24(21)38-3)30-25(33)17-8-14(5-7-20(17)32)10-23-26(34)31(27(35)39-23)13-15-4-6-18(28)19(29)9-15/h4-12,32H,13H2,1-3H3,(H,30,33)/b23-10+. The largest absolute Gasteiger partial charge is 0.507 e. The van der Waals surface area contributed by atoms with Crippen LogP contribution in [-0.2, 0) is 11.3 Å². The molecule has 12 heteroatoms. The number of halogens is 2. The lowest BCUT2D eigenvalue weighted by atomic mass is 10.1. The highest BCUT2D eigenvalue weighted by atomic mass is 35.5. The summed E-state index contributed by atoms with van der Waals surface area (Å²) in [6, 6.07) is 12.2. The summed E-state index contributed by atoms with van der Waals surface area (Å²) in [5.41, 5.74) is 1.36. The highest BCUT2D eigenvalue weighted by Crippen LogP contribution is 2.40. The fourth-order valence-electron chi connectivity index (χ4n) is 3.79. The third-order valence-corrected chi connectivity index (χ3v) is 7.33. The summed E-state index contributed by atoms with van der Waals surface area (Å²) >= 11 is 12.8. The van der Waals surface area contributed by atoms with Gasteiger partial charge in [0.05, 0.1) is 48.4 Å². The number of anilines is 1. The molecule has 1 saturated heterocycles. The van der Waals surface area contributed by atoms with E-state index in [0.717, 1.165) is 16.7 Å². The van der Waals surface area contributed by atoms with E-state index < -0.39 is 17.1 Å². The lowest BCUT2D eigenvalue weighted by Gasteiger charge is -2.15. The zero-order valence-corrected chi connectivity index (χ0v) is 23.2. The van der Waals surface area contributed by atoms with Crippen molar-refractivity contribution >= 4 is 63.8 Å². The molecule has 0 bridgehead atoms. The van der Waals surface area contributed by atoms with Crippen LogP contribution >= 0.6 is 35.0 Å². The third-order valence-electron chi connectivity index (χ3n) is 5.68. The van der Waals surface area contributed by atoms with Gasteiger partial charge in [-0.2, -0.15) is 0 Å². The molecule has 0 saturated carbocycles. The molecule has 0 spiro atoms. The summed E-state index contributed by atoms with van der Waals surface area (Å²) in [5.74, 6) is -0.360. The summed E-state index contributed by atoms with van der Waals surface area (Å²) in [6.07, 6.45) is 1.48. The van der Waals surface area contributed by atoms with Gasteiger partial charge in [0.15, 0.2) is 11.5 Å². The first-order valence-corrected chi connectivity index (χ1v) is 12.9. The maximum atomic E-state index is 13.0. The van der Waals surface area contributed by atoms with E-state index in [1.807, 2.05) is 0 Å². The van der Waals surface area contributed by atoms with Gasteiger partial charge in [-0.05, 0) is 53.2 Å². The molecule has 1 fully saturated rings. The Morgan fingerprint density at radius 2 is 1.67 bits per heavy atom. The van der Waals surface area contributed by atoms with Crippen molar-refractivity contribution in [1.29, 1.82) is 0 Å². The second-order valence-corrected chi connectivity index (χ2v) is 9.97. The number of nitrogens with one attached hydrogen (secondary N) is 1. The van der Waals surface area contributed by atoms with Gasteiger partial charge in [0.25, 0.3) is 17.1 Å². The Morgan fingerprint density at radius 3 is 2.28 bits per heavy atom. The maximum absolute atomic E-state index is 13.0. The second kappa shape index (κ2) is 11.9. The molecule has 3 aromatic carbocycles. The maximum Gasteiger partial charge on any atom is 0.293 e. The SMILES string of the molecule is COc1cc(NC(=O)c2cc(/C=C3/SC(=O)N(Cc4ccc(Cl)c(Cl)c4)C3=O)ccc2O)cc(OC)c1OC. The number of phenolic OH excluding ortho intramolecular Hbond substituents is 1. The Kier molecular flexibility index (Phi) is 8.59. The summed E-state index contributed by atoms with van der Waals surface area (Å²) in [7, 11) is 4.36. The van der Waals surface area contributed by atoms with Crippen molar-refractivity contribution in [3.63, 3.8) is 0 Å². The normalized spacial score (nSPS) is 14.1. The van der Waals surface area contributed by atoms with E-state index in [0.29, 0.717) is 44.1 Å². The van der Waals surface area contributed by atoms with Gasteiger partial charge in [0, 0.05) is 17.8 Å². The van der Waals surface area contributed by atoms with Gasteiger partial charge in [-0.15, -0.1) is 0 Å². The van der Waals surface area contributed by atoms with Crippen molar-refractivity contribution in [2.75, 3.05) is 26.6 Å². The second-order valence-electron chi connectivity index (χ2n) is 8.16. The molecule has 0 atom stereocenters. The van der Waals surface area contributed by atoms with E-state index in [1.54, 1.807) is 30.3 Å². The predicted molar refractivity (Wildman–Crippen MR) is 150 cm³/mol. The van der Waals surface area contributed by atoms with Gasteiger partial charge in [0.1, 0.15) is 5.75 Å². The van der Waals surface area contributed by atoms with E-state index >= 15 is 0 Å². The molecule has 1 aliphatic rings. The van der Waals surface area contributed by atoms with Gasteiger partial charge in [-0.3, -0.25) is 19.3 Å². The van der Waals surface area contributed by atoms with Crippen LogP contribution in [0.4, 0.5) is 10.5 Å². The minimum absolute atomic E-state index is 0.0247. The number of aromatic hydroxyl groups is 1. The molecule has 1 heterocycles. The number of nitrogens with zero attached hydrogens (tertiary/aromatic N) is 1. The van der Waals surface area contributed by atoms with Gasteiger partial charge in [0.2, 0.25) is 5.75 Å². The number of carbonyl (C=O) groups is 3. The van der Waals surface area contributed by atoms with Crippen molar-refractivity contribution in [3.05, 3.63) is 80.2 Å². The Bertz CT molecular complexity index is 1480. The van der Waals surface area contributed by atoms with Crippen LogP contribution in [0.1, 0.15) is 21.5 Å². The van der Waals surface area contributed by atoms with Gasteiger partial charge < -0.3 is 24.6 Å². The lowest BCUT2D eigenvalue weighted by molar-refractivity contribution is -0.123. The number of hydrogen-bond donors (Lipinski definition) is 2. The van der Waals surface area contributed by atoms with Crippen molar-refractivity contribution < 1.29 is 33.7 Å². The number of ether oxygens (including phenoxy) is 3. The smallest absolute Gasteiger partial charge is 0.293 e. The Labute approximate surface area is 238 Å². The molecule has 2 N–H and O–H groups in total. The first kappa shape index (κ1) is 28.2. The topological polar surface area (TPSA) is 114 Å². The van der Waals surface area contributed by atoms with Crippen LogP contribution in [0, 0.1) is 0 Å². The number of amides is 3. The van der Waals surface area contributed by atoms with Crippen molar-refractivity contribution in [1.82, 2.24) is 4.90 Å². The van der Waals surface area contributed by atoms with E-state index in [1.165, 1.54) is 45.6 Å². The monoisotopic (exact) mass is 588 g/mol. The van der Waals surface area contributed by atoms with Crippen LogP contribution in [0.3, 0.4) is 0 Å². The fraction of sp³-hybridized carbons (Fsp3) is 0.148. The molecular weight excluding hydrogens is 567 g/mol. The molecule has 0 aromatic heterocycles. The van der Waals surface area contributed by atoms with Crippen LogP contribution in [0.25, 0.3) is 6.08 Å². The number of thioether (sulfide) groups is 1. The van der Waals surface area contributed by atoms with E-state index in [2.05, 4.69) is 5.32 Å². The molecule has 3 aromatic rings. The molecule has 1 aliphatic heterocycles. The molecule has 3 amide bonds. The van der Waals surface area contributed by atoms with Crippen LogP contribution in [-0.4, -0.2) is 48.4 Å². The zero-order chi connectivity index (χ0) is 28.3. The molecule has 4 rings (SSSR count). The van der Waals surface area contributed by atoms with E-state index in [9.17, 15) is 19.5 Å². The van der Waals surface area contributed by atoms with Gasteiger partial charge >= 0.3 is 0 Å². The Balaban J connectivity index is 1.56. The lowest BCUT2D eigenvalue weighted by Crippen LogP contribution is -2.27. The van der Waals surface area contributed by atoms with Gasteiger partial charge in [-0.25, -0.2) is 0 Å². The number of hydrogen-bond acceptors (Lipinski definition) is 8. The number of carbonyl (C=O) groups excluding carboxylic acids is 3. The number of phenols is 1. The Hall–Kier alpha value is -3.86. The highest BCUT2D eigenvalue weighted by molar-refractivity contribution is 8.18. The first-order chi connectivity index (χ1) is 18.6. The van der Waals surface area contributed by atoms with Crippen LogP contribution in [0.5, 0.6) is 23.0 Å². The molecule has 0 unspecified atom stereocenters. The summed E-state index contributed by atoms with van der Waals surface area (Å²) in [4.78, 5) is 39.8. The first-order valence-electron chi connectivity index (χ1n) is 11.3. The average Bonchev–Trinajstić information content (AvgIpc) is 3.18. The van der Waals surface area contributed by atoms with E-state index in [4.69, 9.17) is 37.4 Å². The quantitative estimate of drug-likeness (QED) is 0.298. The summed E-state index contributed by atoms with van der Waals surface area (Å²) in [6.45, 7) is 0.0247. The number of rotatable bonds is 8. The van der Waals surface area contributed by atoms with E-state index in [-0.39, 0.29) is 22.8 Å². The molecule has 0 aliphatic carbocycles. The number of imide groups is 1. The van der Waals surface area contributed by atoms with Crippen LogP contribution in [0.15, 0.2) is 53.4 Å². The van der Waals surface area contributed by atoms with Crippen molar-refractivity contribution in [2.24, 2.45) is 0 Å². The highest BCUT2D eigenvalue weighted by Gasteiger charge is 2.35. The van der Waals surface area contributed by atoms with Crippen LogP contribution in [0.2, 0.25) is 10.0 Å². The molecule has 39 heavy (non-hydrogen) atoms. The summed E-state index contributed by atoms with van der Waals surface area (Å²) in [5, 5.41) is 13.3. The zero-order valence-electron chi connectivity index (χ0n) is 20.9. The third kappa shape index (κ3) is 6.08. The van der Waals surface area contributed by atoms with Gasteiger partial charge in [-0.1, -0.05) is 35.3 Å². The predicted octanol–water partition coefficient (Wildman–Crippen LogP) is 6.21. The number of methoxy groups -OCH3 is 3. The molecule has 9 nitrogen and oxygen atoms in total. The minimum Gasteiger partial charge on any atom is -0.507 e. The van der Waals surface area contributed by atoms with Crippen molar-refractivity contribution in [2.45, 2.75) is 6.54 Å². The molecule has 0 radical (unpaired) electrons. The Morgan fingerprint density at radius 1 is 0.974 bits per heavy atom. The van der Waals surface area contributed by atoms with Crippen LogP contribution < -0.4 is 19.5 Å². The molecular formula is C27H22Cl2N2O7S. The summed E-state index contributed by atoms with van der Waals surface area (Å²) < 4.78 is 15.9. The fourth-order valence-corrected chi connectivity index (χ4v) is 4.94. The molecule has 202 valence electrons. The minimum atomic E-state index is -0.621. The number of benzene rings is 3.